The van der Waals surface area contributed by atoms with Crippen molar-refractivity contribution in [3.8, 4) is 17.0 Å². The minimum absolute atomic E-state index is 0.180. The lowest BCUT2D eigenvalue weighted by Crippen LogP contribution is -2.14. The predicted octanol–water partition coefficient (Wildman–Crippen LogP) is 4.16. The zero-order chi connectivity index (χ0) is 17.8. The first-order valence-electron chi connectivity index (χ1n) is 7.61. The second-order valence-corrected chi connectivity index (χ2v) is 6.99. The second kappa shape index (κ2) is 7.71. The molecule has 1 amide bonds. The van der Waals surface area contributed by atoms with Crippen molar-refractivity contribution in [1.82, 2.24) is 9.97 Å². The van der Waals surface area contributed by atoms with Crippen molar-refractivity contribution < 1.29 is 13.9 Å². The van der Waals surface area contributed by atoms with Crippen LogP contribution < -0.4 is 10.1 Å². The molecule has 0 spiro atoms. The van der Waals surface area contributed by atoms with Crippen molar-refractivity contribution in [1.29, 1.82) is 0 Å². The highest BCUT2D eigenvalue weighted by Crippen LogP contribution is 2.32. The predicted molar refractivity (Wildman–Crippen MR) is 97.9 cm³/mol. The molecule has 8 heteroatoms. The Morgan fingerprint density at radius 2 is 2.12 bits per heavy atom. The summed E-state index contributed by atoms with van der Waals surface area (Å²) >= 11 is 2.83. The van der Waals surface area contributed by atoms with E-state index in [0.29, 0.717) is 22.1 Å². The van der Waals surface area contributed by atoms with Gasteiger partial charge in [-0.05, 0) is 24.6 Å². The summed E-state index contributed by atoms with van der Waals surface area (Å²) in [6.45, 7) is 2.03. The van der Waals surface area contributed by atoms with Crippen LogP contribution in [0.3, 0.4) is 0 Å². The van der Waals surface area contributed by atoms with Gasteiger partial charge in [0.05, 0.1) is 29.9 Å². The van der Waals surface area contributed by atoms with E-state index >= 15 is 0 Å². The number of aromatic nitrogens is 2. The minimum Gasteiger partial charge on any atom is -0.496 e. The van der Waals surface area contributed by atoms with Gasteiger partial charge in [0.1, 0.15) is 11.6 Å². The van der Waals surface area contributed by atoms with Crippen molar-refractivity contribution in [2.24, 2.45) is 0 Å². The third kappa shape index (κ3) is 4.21. The number of aryl methyl sites for hydroxylation is 1. The first-order chi connectivity index (χ1) is 12.1. The number of nitrogens with one attached hydrogen (secondary N) is 1. The number of amides is 1. The lowest BCUT2D eigenvalue weighted by molar-refractivity contribution is -0.115. The van der Waals surface area contributed by atoms with Gasteiger partial charge in [0.2, 0.25) is 5.91 Å². The van der Waals surface area contributed by atoms with E-state index in [2.05, 4.69) is 15.3 Å². The molecular weight excluding hydrogens is 361 g/mol. The Bertz CT molecular complexity index is 892. The number of thiazole rings is 2. The summed E-state index contributed by atoms with van der Waals surface area (Å²) in [4.78, 5) is 20.9. The van der Waals surface area contributed by atoms with Crippen LogP contribution in [0.4, 0.5) is 9.52 Å². The van der Waals surface area contributed by atoms with E-state index in [9.17, 15) is 9.18 Å². The zero-order valence-corrected chi connectivity index (χ0v) is 15.3. The fraction of sp³-hybridized carbons (Fsp3) is 0.235. The molecule has 3 rings (SSSR count). The van der Waals surface area contributed by atoms with E-state index in [4.69, 9.17) is 4.74 Å². The molecule has 0 atom stereocenters. The number of rotatable bonds is 6. The maximum Gasteiger partial charge on any atom is 0.232 e. The maximum atomic E-state index is 13.5. The summed E-state index contributed by atoms with van der Waals surface area (Å²) in [5.74, 6) is -0.0242. The lowest BCUT2D eigenvalue weighted by Gasteiger charge is -2.05. The Morgan fingerprint density at radius 1 is 1.28 bits per heavy atom. The Labute approximate surface area is 152 Å². The quantitative estimate of drug-likeness (QED) is 0.701. The van der Waals surface area contributed by atoms with Gasteiger partial charge in [-0.3, -0.25) is 4.79 Å². The molecule has 0 aliphatic carbocycles. The van der Waals surface area contributed by atoms with Crippen molar-refractivity contribution in [3.63, 3.8) is 0 Å². The van der Waals surface area contributed by atoms with Crippen LogP contribution in [0.1, 0.15) is 17.6 Å². The van der Waals surface area contributed by atoms with Crippen LogP contribution >= 0.6 is 22.7 Å². The summed E-state index contributed by atoms with van der Waals surface area (Å²) in [6, 6.07) is 4.24. The average Bonchev–Trinajstić information content (AvgIpc) is 3.24. The largest absolute Gasteiger partial charge is 0.496 e. The number of hydrogen-bond acceptors (Lipinski definition) is 6. The van der Waals surface area contributed by atoms with Gasteiger partial charge < -0.3 is 10.1 Å². The molecule has 1 N–H and O–H groups in total. The van der Waals surface area contributed by atoms with Gasteiger partial charge in [0.25, 0.3) is 0 Å². The standard InChI is InChI=1S/C17H16FN3O2S2/c1-3-16-19-11(8-24-16)7-15(22)21-17-20-13(9-25-17)12-6-10(18)4-5-14(12)23-2/h4-6,8-9H,3,7H2,1-2H3,(H,20,21,22). The van der Waals surface area contributed by atoms with Crippen LogP contribution in [-0.2, 0) is 17.6 Å². The Hall–Kier alpha value is -2.32. The first-order valence-corrected chi connectivity index (χ1v) is 9.37. The van der Waals surface area contributed by atoms with Crippen LogP contribution in [0.25, 0.3) is 11.3 Å². The van der Waals surface area contributed by atoms with Crippen molar-refractivity contribution >= 4 is 33.7 Å². The molecule has 2 heterocycles. The third-order valence-corrected chi connectivity index (χ3v) is 5.23. The summed E-state index contributed by atoms with van der Waals surface area (Å²) < 4.78 is 18.7. The van der Waals surface area contributed by atoms with Gasteiger partial charge in [-0.1, -0.05) is 6.92 Å². The molecule has 0 bridgehead atoms. The van der Waals surface area contributed by atoms with E-state index in [1.165, 1.54) is 30.6 Å². The highest BCUT2D eigenvalue weighted by Gasteiger charge is 2.13. The van der Waals surface area contributed by atoms with Gasteiger partial charge in [-0.25, -0.2) is 14.4 Å². The van der Waals surface area contributed by atoms with Gasteiger partial charge in [0.15, 0.2) is 5.13 Å². The Morgan fingerprint density at radius 3 is 2.84 bits per heavy atom. The van der Waals surface area contributed by atoms with E-state index in [1.54, 1.807) is 22.8 Å². The number of carbonyl (C=O) groups is 1. The second-order valence-electron chi connectivity index (χ2n) is 5.19. The summed E-state index contributed by atoms with van der Waals surface area (Å²) in [7, 11) is 1.52. The van der Waals surface area contributed by atoms with Crippen molar-refractivity contribution in [2.45, 2.75) is 19.8 Å². The molecular formula is C17H16FN3O2S2. The molecule has 0 saturated heterocycles. The van der Waals surface area contributed by atoms with E-state index in [1.807, 2.05) is 12.3 Å². The Balaban J connectivity index is 1.71. The first kappa shape index (κ1) is 17.5. The topological polar surface area (TPSA) is 64.1 Å². The SMILES string of the molecule is CCc1nc(CC(=O)Nc2nc(-c3cc(F)ccc3OC)cs2)cs1. The molecule has 0 aliphatic rings. The fourth-order valence-corrected chi connectivity index (χ4v) is 3.73. The summed E-state index contributed by atoms with van der Waals surface area (Å²) in [6.07, 6.45) is 1.06. The molecule has 3 aromatic rings. The molecule has 1 aromatic carbocycles. The van der Waals surface area contributed by atoms with Crippen molar-refractivity contribution in [3.05, 3.63) is 45.5 Å². The third-order valence-electron chi connectivity index (χ3n) is 3.43. The molecule has 0 fully saturated rings. The molecule has 0 aliphatic heterocycles. The summed E-state index contributed by atoms with van der Waals surface area (Å²) in [5, 5.41) is 7.87. The van der Waals surface area contributed by atoms with Gasteiger partial charge in [0, 0.05) is 16.3 Å². The number of nitrogens with zero attached hydrogens (tertiary/aromatic N) is 2. The molecule has 5 nitrogen and oxygen atoms in total. The number of ether oxygens (including phenoxy) is 1. The number of carbonyl (C=O) groups excluding carboxylic acids is 1. The summed E-state index contributed by atoms with van der Waals surface area (Å²) in [5.41, 5.74) is 1.85. The number of methoxy groups -OCH3 is 1. The smallest absolute Gasteiger partial charge is 0.232 e. The molecule has 130 valence electrons. The molecule has 0 radical (unpaired) electrons. The average molecular weight is 377 g/mol. The van der Waals surface area contributed by atoms with Crippen LogP contribution in [-0.4, -0.2) is 23.0 Å². The highest BCUT2D eigenvalue weighted by atomic mass is 32.1. The zero-order valence-electron chi connectivity index (χ0n) is 13.7. The van der Waals surface area contributed by atoms with E-state index in [-0.39, 0.29) is 18.1 Å². The highest BCUT2D eigenvalue weighted by molar-refractivity contribution is 7.14. The molecule has 0 unspecified atom stereocenters. The fourth-order valence-electron chi connectivity index (χ4n) is 2.26. The normalized spacial score (nSPS) is 10.7. The number of anilines is 1. The van der Waals surface area contributed by atoms with Crippen LogP contribution in [0, 0.1) is 5.82 Å². The van der Waals surface area contributed by atoms with Crippen molar-refractivity contribution in [2.75, 3.05) is 12.4 Å². The molecule has 25 heavy (non-hydrogen) atoms. The molecule has 0 saturated carbocycles. The number of halogens is 1. The van der Waals surface area contributed by atoms with Crippen LogP contribution in [0.2, 0.25) is 0 Å². The number of benzene rings is 1. The minimum atomic E-state index is -0.371. The van der Waals surface area contributed by atoms with Gasteiger partial charge in [-0.2, -0.15) is 0 Å². The molecule has 2 aromatic heterocycles. The van der Waals surface area contributed by atoms with Crippen LogP contribution in [0.5, 0.6) is 5.75 Å². The van der Waals surface area contributed by atoms with E-state index < -0.39 is 0 Å². The lowest BCUT2D eigenvalue weighted by atomic mass is 10.1. The van der Waals surface area contributed by atoms with E-state index in [0.717, 1.165) is 17.1 Å². The van der Waals surface area contributed by atoms with Gasteiger partial charge >= 0.3 is 0 Å². The number of hydrogen-bond donors (Lipinski definition) is 1. The van der Waals surface area contributed by atoms with Gasteiger partial charge in [-0.15, -0.1) is 22.7 Å². The van der Waals surface area contributed by atoms with Crippen LogP contribution in [0.15, 0.2) is 29.0 Å². The maximum absolute atomic E-state index is 13.5. The monoisotopic (exact) mass is 377 g/mol. The Kier molecular flexibility index (Phi) is 5.40.